The molecule has 0 unspecified atom stereocenters. The van der Waals surface area contributed by atoms with Crippen LogP contribution in [-0.4, -0.2) is 27.7 Å². The highest BCUT2D eigenvalue weighted by Crippen LogP contribution is 2.38. The Morgan fingerprint density at radius 1 is 0.846 bits per heavy atom. The maximum absolute atomic E-state index is 12.5. The van der Waals surface area contributed by atoms with Crippen LogP contribution in [-0.2, 0) is 13.1 Å². The van der Waals surface area contributed by atoms with Crippen LogP contribution in [0.2, 0.25) is 0 Å². The maximum atomic E-state index is 12.5. The molecule has 0 atom stereocenters. The van der Waals surface area contributed by atoms with Crippen LogP contribution in [0.15, 0.2) is 36.4 Å². The third kappa shape index (κ3) is 5.19. The number of methoxy groups -OCH3 is 3. The largest absolute Gasteiger partial charge is 0.573 e. The highest BCUT2D eigenvalue weighted by Gasteiger charge is 2.31. The second-order valence-corrected chi connectivity index (χ2v) is 5.29. The number of para-hydroxylation sites is 1. The van der Waals surface area contributed by atoms with Gasteiger partial charge < -0.3 is 24.3 Å². The number of hydrogen-bond donors (Lipinski definition) is 1. The van der Waals surface area contributed by atoms with Gasteiger partial charge in [0.2, 0.25) is 5.75 Å². The van der Waals surface area contributed by atoms with Gasteiger partial charge in [0, 0.05) is 18.7 Å². The smallest absolute Gasteiger partial charge is 0.493 e. The first-order valence-corrected chi connectivity index (χ1v) is 7.71. The molecule has 2 aromatic rings. The number of nitrogens with one attached hydrogen (secondary N) is 1. The molecule has 1 N–H and O–H groups in total. The van der Waals surface area contributed by atoms with Gasteiger partial charge in [-0.1, -0.05) is 18.2 Å². The molecule has 0 aliphatic carbocycles. The molecule has 5 nitrogen and oxygen atoms in total. The van der Waals surface area contributed by atoms with Crippen molar-refractivity contribution in [3.63, 3.8) is 0 Å². The van der Waals surface area contributed by atoms with E-state index in [4.69, 9.17) is 14.2 Å². The van der Waals surface area contributed by atoms with Gasteiger partial charge in [-0.15, -0.1) is 13.2 Å². The van der Waals surface area contributed by atoms with Crippen LogP contribution in [0.25, 0.3) is 0 Å². The van der Waals surface area contributed by atoms with E-state index in [0.29, 0.717) is 29.4 Å². The summed E-state index contributed by atoms with van der Waals surface area (Å²) in [6.07, 6.45) is -4.73. The van der Waals surface area contributed by atoms with Gasteiger partial charge in [0.25, 0.3) is 0 Å². The van der Waals surface area contributed by atoms with E-state index in [9.17, 15) is 13.2 Å². The topological polar surface area (TPSA) is 49.0 Å². The maximum Gasteiger partial charge on any atom is 0.573 e. The molecule has 0 heterocycles. The fraction of sp³-hybridized carbons (Fsp3) is 0.333. The number of halogens is 3. The lowest BCUT2D eigenvalue weighted by molar-refractivity contribution is -0.274. The van der Waals surface area contributed by atoms with Crippen LogP contribution >= 0.6 is 0 Å². The minimum atomic E-state index is -4.73. The first-order valence-electron chi connectivity index (χ1n) is 7.71. The lowest BCUT2D eigenvalue weighted by atomic mass is 10.1. The van der Waals surface area contributed by atoms with Crippen LogP contribution in [0.4, 0.5) is 13.2 Å². The average Bonchev–Trinajstić information content (AvgIpc) is 2.61. The number of benzene rings is 2. The first-order chi connectivity index (χ1) is 12.4. The van der Waals surface area contributed by atoms with Crippen molar-refractivity contribution in [2.24, 2.45) is 0 Å². The highest BCUT2D eigenvalue weighted by atomic mass is 19.4. The van der Waals surface area contributed by atoms with Crippen molar-refractivity contribution >= 4 is 0 Å². The predicted molar refractivity (Wildman–Crippen MR) is 89.8 cm³/mol. The summed E-state index contributed by atoms with van der Waals surface area (Å²) < 4.78 is 57.3. The molecule has 0 saturated heterocycles. The second-order valence-electron chi connectivity index (χ2n) is 5.29. The van der Waals surface area contributed by atoms with E-state index in [1.165, 1.54) is 33.5 Å². The summed E-state index contributed by atoms with van der Waals surface area (Å²) >= 11 is 0. The number of hydrogen-bond acceptors (Lipinski definition) is 5. The van der Waals surface area contributed by atoms with Gasteiger partial charge in [0.1, 0.15) is 5.75 Å². The third-order valence-electron chi connectivity index (χ3n) is 3.57. The fourth-order valence-electron chi connectivity index (χ4n) is 2.45. The summed E-state index contributed by atoms with van der Waals surface area (Å²) in [5, 5.41) is 3.08. The normalized spacial score (nSPS) is 11.2. The average molecular weight is 371 g/mol. The van der Waals surface area contributed by atoms with E-state index in [1.54, 1.807) is 24.3 Å². The van der Waals surface area contributed by atoms with E-state index in [1.807, 2.05) is 0 Å². The monoisotopic (exact) mass is 371 g/mol. The minimum Gasteiger partial charge on any atom is -0.493 e. The summed E-state index contributed by atoms with van der Waals surface area (Å²) in [6, 6.07) is 9.54. The summed E-state index contributed by atoms with van der Waals surface area (Å²) in [4.78, 5) is 0. The molecule has 0 aliphatic heterocycles. The molecular weight excluding hydrogens is 351 g/mol. The van der Waals surface area contributed by atoms with Gasteiger partial charge in [-0.05, 0) is 23.8 Å². The molecule has 0 amide bonds. The molecule has 0 saturated carbocycles. The Bertz CT molecular complexity index is 710. The Labute approximate surface area is 149 Å². The summed E-state index contributed by atoms with van der Waals surface area (Å²) in [5.74, 6) is 1.26. The van der Waals surface area contributed by atoms with Crippen molar-refractivity contribution in [3.8, 4) is 23.0 Å². The molecule has 142 valence electrons. The van der Waals surface area contributed by atoms with Crippen LogP contribution in [0.1, 0.15) is 11.1 Å². The molecule has 2 rings (SSSR count). The number of alkyl halides is 3. The third-order valence-corrected chi connectivity index (χ3v) is 3.57. The van der Waals surface area contributed by atoms with E-state index >= 15 is 0 Å². The van der Waals surface area contributed by atoms with Crippen LogP contribution < -0.4 is 24.3 Å². The second kappa shape index (κ2) is 8.66. The van der Waals surface area contributed by atoms with E-state index in [0.717, 1.165) is 5.56 Å². The quantitative estimate of drug-likeness (QED) is 0.763. The molecule has 0 radical (unpaired) electrons. The van der Waals surface area contributed by atoms with Crippen molar-refractivity contribution in [1.82, 2.24) is 5.32 Å². The van der Waals surface area contributed by atoms with Crippen LogP contribution in [0.5, 0.6) is 23.0 Å². The first kappa shape index (κ1) is 19.7. The molecule has 0 aliphatic rings. The Balaban J connectivity index is 2.09. The Morgan fingerprint density at radius 2 is 1.46 bits per heavy atom. The summed E-state index contributed by atoms with van der Waals surface area (Å²) in [6.45, 7) is 0.583. The fourth-order valence-corrected chi connectivity index (χ4v) is 2.45. The van der Waals surface area contributed by atoms with Gasteiger partial charge in [-0.2, -0.15) is 0 Å². The van der Waals surface area contributed by atoms with Crippen LogP contribution in [0, 0.1) is 0 Å². The summed E-state index contributed by atoms with van der Waals surface area (Å²) in [7, 11) is 4.54. The molecule has 2 aromatic carbocycles. The predicted octanol–water partition coefficient (Wildman–Crippen LogP) is 3.90. The van der Waals surface area contributed by atoms with Gasteiger partial charge in [-0.3, -0.25) is 0 Å². The van der Waals surface area contributed by atoms with E-state index in [2.05, 4.69) is 10.1 Å². The molecule has 0 spiro atoms. The molecule has 0 aromatic heterocycles. The van der Waals surface area contributed by atoms with E-state index in [-0.39, 0.29) is 12.3 Å². The van der Waals surface area contributed by atoms with Crippen LogP contribution in [0.3, 0.4) is 0 Å². The Kier molecular flexibility index (Phi) is 6.57. The zero-order valence-electron chi connectivity index (χ0n) is 14.6. The van der Waals surface area contributed by atoms with Gasteiger partial charge in [-0.25, -0.2) is 0 Å². The highest BCUT2D eigenvalue weighted by molar-refractivity contribution is 5.53. The van der Waals surface area contributed by atoms with Crippen molar-refractivity contribution in [3.05, 3.63) is 47.5 Å². The van der Waals surface area contributed by atoms with Crippen molar-refractivity contribution in [2.75, 3.05) is 21.3 Å². The zero-order chi connectivity index (χ0) is 19.2. The SMILES string of the molecule is COc1cc(CNCc2ccccc2OC(F)(F)F)cc(OC)c1OC. The standard InChI is InChI=1S/C18H20F3NO4/c1-23-15-8-12(9-16(24-2)17(15)25-3)10-22-11-13-6-4-5-7-14(13)26-18(19,20)21/h4-9,22H,10-11H2,1-3H3. The van der Waals surface area contributed by atoms with Gasteiger partial charge >= 0.3 is 6.36 Å². The molecular formula is C18H20F3NO4. The van der Waals surface area contributed by atoms with E-state index < -0.39 is 6.36 Å². The Morgan fingerprint density at radius 3 is 2.00 bits per heavy atom. The van der Waals surface area contributed by atoms with Gasteiger partial charge in [0.05, 0.1) is 21.3 Å². The lowest BCUT2D eigenvalue weighted by Gasteiger charge is -2.15. The lowest BCUT2D eigenvalue weighted by Crippen LogP contribution is -2.20. The molecule has 0 bridgehead atoms. The number of rotatable bonds is 8. The molecule has 26 heavy (non-hydrogen) atoms. The minimum absolute atomic E-state index is 0.197. The Hall–Kier alpha value is -2.61. The molecule has 8 heteroatoms. The van der Waals surface area contributed by atoms with Gasteiger partial charge in [0.15, 0.2) is 11.5 Å². The summed E-state index contributed by atoms with van der Waals surface area (Å²) in [5.41, 5.74) is 1.23. The van der Waals surface area contributed by atoms with Crippen molar-refractivity contribution in [2.45, 2.75) is 19.5 Å². The van der Waals surface area contributed by atoms with Crippen molar-refractivity contribution < 1.29 is 32.1 Å². The number of ether oxygens (including phenoxy) is 4. The molecule has 0 fully saturated rings. The zero-order valence-corrected chi connectivity index (χ0v) is 14.6. The van der Waals surface area contributed by atoms with Crippen molar-refractivity contribution in [1.29, 1.82) is 0 Å².